The van der Waals surface area contributed by atoms with E-state index in [0.717, 1.165) is 32.1 Å². The van der Waals surface area contributed by atoms with Gasteiger partial charge in [-0.25, -0.2) is 0 Å². The summed E-state index contributed by atoms with van der Waals surface area (Å²) in [5.74, 6) is 1.86. The molecule has 0 saturated heterocycles. The van der Waals surface area contributed by atoms with E-state index in [9.17, 15) is 4.79 Å². The van der Waals surface area contributed by atoms with Crippen LogP contribution in [-0.2, 0) is 13.6 Å². The first kappa shape index (κ1) is 32.0. The van der Waals surface area contributed by atoms with E-state index in [1.807, 2.05) is 0 Å². The van der Waals surface area contributed by atoms with Gasteiger partial charge < -0.3 is 8.85 Å². The summed E-state index contributed by atoms with van der Waals surface area (Å²) in [5, 5.41) is 0. The minimum Gasteiger partial charge on any atom is -0.519 e. The first-order valence-corrected chi connectivity index (χ1v) is 23.9. The maximum Gasteiger partial charge on any atom is 0.299 e. The Kier molecular flexibility index (Phi) is 7.46. The zero-order valence-electron chi connectivity index (χ0n) is 29.2. The van der Waals surface area contributed by atoms with E-state index in [1.165, 1.54) is 32.1 Å². The molecule has 4 saturated carbocycles. The summed E-state index contributed by atoms with van der Waals surface area (Å²) in [5.41, 5.74) is 2.56. The second-order valence-electron chi connectivity index (χ2n) is 19.5. The molecule has 8 unspecified atom stereocenters. The minimum atomic E-state index is -1.97. The molecule has 0 radical (unpaired) electrons. The minimum absolute atomic E-state index is 0.144. The molecule has 0 amide bonds. The van der Waals surface area contributed by atoms with Gasteiger partial charge in [0.1, 0.15) is 0 Å². The van der Waals surface area contributed by atoms with Crippen molar-refractivity contribution >= 4 is 22.6 Å². The van der Waals surface area contributed by atoms with Gasteiger partial charge in [-0.05, 0) is 148 Å². The Morgan fingerprint density at radius 1 is 0.780 bits per heavy atom. The van der Waals surface area contributed by atoms with Crippen LogP contribution in [0.4, 0.5) is 0 Å². The number of fused-ring (bicyclic) bond motifs is 7. The molecule has 0 aromatic carbocycles. The summed E-state index contributed by atoms with van der Waals surface area (Å²) in [4.78, 5) is 14.1. The summed E-state index contributed by atoms with van der Waals surface area (Å²) < 4.78 is 13.3. The summed E-state index contributed by atoms with van der Waals surface area (Å²) >= 11 is 0. The molecular weight excluding hydrogens is 537 g/mol. The van der Waals surface area contributed by atoms with Crippen LogP contribution in [0.15, 0.2) is 11.6 Å². The zero-order chi connectivity index (χ0) is 30.7. The molecule has 3 nitrogen and oxygen atoms in total. The second kappa shape index (κ2) is 9.55. The summed E-state index contributed by atoms with van der Waals surface area (Å²) in [6, 6.07) is 0. The molecule has 0 N–H and O–H groups in total. The smallest absolute Gasteiger partial charge is 0.299 e. The highest BCUT2D eigenvalue weighted by molar-refractivity contribution is 6.71. The van der Waals surface area contributed by atoms with E-state index in [4.69, 9.17) is 8.85 Å². The van der Waals surface area contributed by atoms with Crippen molar-refractivity contribution < 1.29 is 13.6 Å². The van der Waals surface area contributed by atoms with E-state index < -0.39 is 16.6 Å². The van der Waals surface area contributed by atoms with Gasteiger partial charge in [-0.3, -0.25) is 4.79 Å². The molecule has 0 aromatic heterocycles. The first-order valence-electron chi connectivity index (χ1n) is 17.1. The Bertz CT molecular complexity index is 1100. The van der Waals surface area contributed by atoms with Crippen molar-refractivity contribution in [3.8, 4) is 0 Å². The van der Waals surface area contributed by atoms with Crippen molar-refractivity contribution in [1.82, 2.24) is 0 Å². The van der Waals surface area contributed by atoms with Gasteiger partial charge in [-0.2, -0.15) is 0 Å². The van der Waals surface area contributed by atoms with Gasteiger partial charge in [0.2, 0.25) is 8.32 Å². The Morgan fingerprint density at radius 3 is 2.02 bits per heavy atom. The number of carbonyl (C=O) groups excluding carboxylic acids is 1. The highest BCUT2D eigenvalue weighted by Gasteiger charge is 2.69. The number of carbonyl (C=O) groups is 1. The standard InChI is InChI=1S/C36H64O3Si2/c1-31(2)20-22-36(30(37)39-41(11,12)13)23-21-34(6)25(26(36)24-31)14-15-28-33(5)18-17-29(38-40(8,9)10)32(3,4)27(33)16-19-35(28,34)7/h14,26-29H,15-24H2,1-13H3. The lowest BCUT2D eigenvalue weighted by atomic mass is 9.33. The topological polar surface area (TPSA) is 35.5 Å². The average Bonchev–Trinajstić information content (AvgIpc) is 2.79. The molecule has 41 heavy (non-hydrogen) atoms. The van der Waals surface area contributed by atoms with Crippen LogP contribution in [-0.4, -0.2) is 28.7 Å². The zero-order valence-corrected chi connectivity index (χ0v) is 31.2. The molecule has 0 aliphatic heterocycles. The fraction of sp³-hybridized carbons (Fsp3) is 0.917. The van der Waals surface area contributed by atoms with Gasteiger partial charge in [-0.15, -0.1) is 0 Å². The second-order valence-corrected chi connectivity index (χ2v) is 28.3. The lowest BCUT2D eigenvalue weighted by Crippen LogP contribution is -2.65. The lowest BCUT2D eigenvalue weighted by molar-refractivity contribution is -0.203. The Labute approximate surface area is 255 Å². The largest absolute Gasteiger partial charge is 0.519 e. The molecule has 4 fully saturated rings. The average molecular weight is 601 g/mol. The molecule has 5 rings (SSSR count). The van der Waals surface area contributed by atoms with Gasteiger partial charge in [0.15, 0.2) is 8.32 Å². The van der Waals surface area contributed by atoms with E-state index in [0.29, 0.717) is 29.3 Å². The van der Waals surface area contributed by atoms with E-state index >= 15 is 0 Å². The molecule has 8 atom stereocenters. The number of rotatable bonds is 4. The molecule has 5 heteroatoms. The van der Waals surface area contributed by atoms with Crippen molar-refractivity contribution in [2.45, 2.75) is 158 Å². The predicted octanol–water partition coefficient (Wildman–Crippen LogP) is 10.4. The molecule has 0 spiro atoms. The first-order chi connectivity index (χ1) is 18.5. The number of hydrogen-bond donors (Lipinski definition) is 0. The van der Waals surface area contributed by atoms with E-state index in [2.05, 4.69) is 93.8 Å². The lowest BCUT2D eigenvalue weighted by Gasteiger charge is -2.71. The summed E-state index contributed by atoms with van der Waals surface area (Å²) in [6.07, 6.45) is 14.8. The van der Waals surface area contributed by atoms with Crippen molar-refractivity contribution in [3.63, 3.8) is 0 Å². The Hall–Kier alpha value is -0.396. The van der Waals surface area contributed by atoms with Crippen molar-refractivity contribution in [2.24, 2.45) is 50.2 Å². The van der Waals surface area contributed by atoms with E-state index in [1.54, 1.807) is 5.57 Å². The third-order valence-electron chi connectivity index (χ3n) is 13.9. The molecule has 234 valence electrons. The molecule has 0 aromatic rings. The highest BCUT2D eigenvalue weighted by Crippen LogP contribution is 2.76. The quantitative estimate of drug-likeness (QED) is 0.238. The van der Waals surface area contributed by atoms with Crippen LogP contribution in [0.1, 0.15) is 113 Å². The summed E-state index contributed by atoms with van der Waals surface area (Å²) in [6.45, 7) is 31.6. The molecule has 5 aliphatic carbocycles. The van der Waals surface area contributed by atoms with Gasteiger partial charge in [0, 0.05) is 0 Å². The monoisotopic (exact) mass is 600 g/mol. The number of allylic oxidation sites excluding steroid dienone is 2. The Morgan fingerprint density at radius 2 is 1.41 bits per heavy atom. The third-order valence-corrected chi connectivity index (χ3v) is 15.7. The van der Waals surface area contributed by atoms with Crippen LogP contribution in [0.25, 0.3) is 0 Å². The van der Waals surface area contributed by atoms with Gasteiger partial charge in [0.25, 0.3) is 5.97 Å². The van der Waals surface area contributed by atoms with Crippen LogP contribution in [0.2, 0.25) is 39.3 Å². The SMILES string of the molecule is CC1(C)CCC2(C(=O)O[Si](C)(C)C)CCC3(C)C(=CCC4C5(C)CCC(O[Si](C)(C)C)C(C)(C)C5CCC43C)C2C1. The van der Waals surface area contributed by atoms with Crippen LogP contribution in [0.5, 0.6) is 0 Å². The Balaban J connectivity index is 1.53. The summed E-state index contributed by atoms with van der Waals surface area (Å²) in [7, 11) is -3.57. The molecule has 0 heterocycles. The van der Waals surface area contributed by atoms with Gasteiger partial charge in [0.05, 0.1) is 11.5 Å². The molecule has 0 bridgehead atoms. The highest BCUT2D eigenvalue weighted by atomic mass is 28.4. The third kappa shape index (κ3) is 4.93. The predicted molar refractivity (Wildman–Crippen MR) is 177 cm³/mol. The van der Waals surface area contributed by atoms with E-state index in [-0.39, 0.29) is 33.0 Å². The van der Waals surface area contributed by atoms with Gasteiger partial charge >= 0.3 is 0 Å². The van der Waals surface area contributed by atoms with Crippen molar-refractivity contribution in [2.75, 3.05) is 0 Å². The van der Waals surface area contributed by atoms with Crippen LogP contribution in [0.3, 0.4) is 0 Å². The van der Waals surface area contributed by atoms with Crippen molar-refractivity contribution in [1.29, 1.82) is 0 Å². The van der Waals surface area contributed by atoms with Crippen molar-refractivity contribution in [3.05, 3.63) is 11.6 Å². The number of hydrogen-bond acceptors (Lipinski definition) is 3. The fourth-order valence-corrected chi connectivity index (χ4v) is 13.6. The van der Waals surface area contributed by atoms with Crippen LogP contribution < -0.4 is 0 Å². The molecular formula is C36H64O3Si2. The van der Waals surface area contributed by atoms with Crippen LogP contribution in [0, 0.1) is 50.2 Å². The maximum absolute atomic E-state index is 14.1. The molecule has 5 aliphatic rings. The maximum atomic E-state index is 14.1. The fourth-order valence-electron chi connectivity index (χ4n) is 11.6. The van der Waals surface area contributed by atoms with Gasteiger partial charge in [-0.1, -0.05) is 60.1 Å². The normalized spacial score (nSPS) is 45.3. The van der Waals surface area contributed by atoms with Crippen LogP contribution >= 0.6 is 0 Å².